The molecule has 2 aromatic rings. The van der Waals surface area contributed by atoms with Crippen LogP contribution in [0.15, 0.2) is 55.1 Å². The summed E-state index contributed by atoms with van der Waals surface area (Å²) in [4.78, 5) is 23.6. The monoisotopic (exact) mass is 282 g/mol. The lowest BCUT2D eigenvalue weighted by Gasteiger charge is -2.13. The summed E-state index contributed by atoms with van der Waals surface area (Å²) in [7, 11) is 1.40. The van der Waals surface area contributed by atoms with Gasteiger partial charge in [-0.2, -0.15) is 0 Å². The molecular weight excluding hydrogens is 268 g/mol. The van der Waals surface area contributed by atoms with Crippen molar-refractivity contribution >= 4 is 17.3 Å². The van der Waals surface area contributed by atoms with Crippen LogP contribution in [0.25, 0.3) is 5.57 Å². The minimum absolute atomic E-state index is 0.116. The number of carboxylic acids is 1. The van der Waals surface area contributed by atoms with E-state index in [4.69, 9.17) is 9.84 Å². The van der Waals surface area contributed by atoms with Crippen molar-refractivity contribution < 1.29 is 19.4 Å². The Morgan fingerprint density at radius 1 is 1.00 bits per heavy atom. The fraction of sp³-hybridized carbons (Fsp3) is 0.0588. The highest BCUT2D eigenvalue weighted by molar-refractivity contribution is 6.17. The maximum atomic E-state index is 12.5. The van der Waals surface area contributed by atoms with Crippen molar-refractivity contribution in [3.05, 3.63) is 71.8 Å². The van der Waals surface area contributed by atoms with Crippen molar-refractivity contribution in [3.8, 4) is 5.75 Å². The number of carbonyl (C=O) groups excluding carboxylic acids is 1. The van der Waals surface area contributed by atoms with E-state index in [2.05, 4.69) is 6.58 Å². The Bertz CT molecular complexity index is 702. The summed E-state index contributed by atoms with van der Waals surface area (Å²) in [6, 6.07) is 13.5. The van der Waals surface area contributed by atoms with Gasteiger partial charge in [0, 0.05) is 11.1 Å². The molecule has 0 saturated carbocycles. The third-order valence-electron chi connectivity index (χ3n) is 3.08. The van der Waals surface area contributed by atoms with Gasteiger partial charge in [-0.15, -0.1) is 0 Å². The molecule has 0 radical (unpaired) electrons. The highest BCUT2D eigenvalue weighted by Gasteiger charge is 2.20. The lowest BCUT2D eigenvalue weighted by molar-refractivity contribution is -0.130. The zero-order valence-electron chi connectivity index (χ0n) is 11.5. The molecule has 106 valence electrons. The molecule has 4 heteroatoms. The first-order chi connectivity index (χ1) is 10.1. The third kappa shape index (κ3) is 2.84. The number of hydrogen-bond acceptors (Lipinski definition) is 3. The molecule has 21 heavy (non-hydrogen) atoms. The number of benzene rings is 2. The molecule has 0 bridgehead atoms. The summed E-state index contributed by atoms with van der Waals surface area (Å²) < 4.78 is 5.25. The molecule has 0 heterocycles. The minimum Gasteiger partial charge on any atom is -0.495 e. The molecule has 2 aromatic carbocycles. The number of ketones is 1. The van der Waals surface area contributed by atoms with E-state index in [1.165, 1.54) is 7.11 Å². The summed E-state index contributed by atoms with van der Waals surface area (Å²) in [5, 5.41) is 9.06. The number of hydrogen-bond donors (Lipinski definition) is 1. The lowest BCUT2D eigenvalue weighted by Crippen LogP contribution is -2.07. The van der Waals surface area contributed by atoms with Crippen LogP contribution in [0, 0.1) is 0 Å². The van der Waals surface area contributed by atoms with Crippen LogP contribution in [-0.2, 0) is 4.79 Å². The Labute approximate surface area is 122 Å². The van der Waals surface area contributed by atoms with Crippen LogP contribution < -0.4 is 4.74 Å². The second-order valence-corrected chi connectivity index (χ2v) is 4.37. The van der Waals surface area contributed by atoms with Gasteiger partial charge in [-0.1, -0.05) is 49.0 Å². The van der Waals surface area contributed by atoms with Crippen LogP contribution in [-0.4, -0.2) is 24.0 Å². The van der Waals surface area contributed by atoms with Crippen LogP contribution >= 0.6 is 0 Å². The van der Waals surface area contributed by atoms with E-state index in [1.54, 1.807) is 42.5 Å². The molecule has 0 unspecified atom stereocenters. The Hall–Kier alpha value is -2.88. The molecule has 1 N–H and O–H groups in total. The SMILES string of the molecule is C=C(C(=O)O)c1cccc(C(=O)c2ccccc2)c1OC. The molecule has 2 rings (SSSR count). The average molecular weight is 282 g/mol. The number of rotatable bonds is 5. The molecule has 0 fully saturated rings. The van der Waals surface area contributed by atoms with Gasteiger partial charge in [0.15, 0.2) is 5.78 Å². The fourth-order valence-electron chi connectivity index (χ4n) is 2.03. The molecule has 0 amide bonds. The maximum Gasteiger partial charge on any atom is 0.335 e. The molecule has 0 aliphatic heterocycles. The van der Waals surface area contributed by atoms with E-state index in [0.717, 1.165) is 0 Å². The highest BCUT2D eigenvalue weighted by Crippen LogP contribution is 2.30. The summed E-state index contributed by atoms with van der Waals surface area (Å²) in [5.74, 6) is -1.16. The molecule has 0 saturated heterocycles. The smallest absolute Gasteiger partial charge is 0.335 e. The Morgan fingerprint density at radius 2 is 1.62 bits per heavy atom. The number of carbonyl (C=O) groups is 2. The second kappa shape index (κ2) is 6.05. The highest BCUT2D eigenvalue weighted by atomic mass is 16.5. The zero-order valence-corrected chi connectivity index (χ0v) is 11.5. The lowest BCUT2D eigenvalue weighted by atomic mass is 9.97. The van der Waals surface area contributed by atoms with E-state index in [0.29, 0.717) is 16.7 Å². The van der Waals surface area contributed by atoms with E-state index in [-0.39, 0.29) is 17.1 Å². The van der Waals surface area contributed by atoms with Crippen molar-refractivity contribution in [3.63, 3.8) is 0 Å². The van der Waals surface area contributed by atoms with Crippen molar-refractivity contribution in [2.24, 2.45) is 0 Å². The first-order valence-electron chi connectivity index (χ1n) is 6.25. The summed E-state index contributed by atoms with van der Waals surface area (Å²) in [6.07, 6.45) is 0. The van der Waals surface area contributed by atoms with Gasteiger partial charge in [0.05, 0.1) is 18.2 Å². The molecule has 0 aliphatic carbocycles. The van der Waals surface area contributed by atoms with Crippen molar-refractivity contribution in [2.45, 2.75) is 0 Å². The molecule has 0 aromatic heterocycles. The number of ether oxygens (including phenoxy) is 1. The topological polar surface area (TPSA) is 63.6 Å². The molecule has 0 aliphatic rings. The van der Waals surface area contributed by atoms with Crippen LogP contribution in [0.4, 0.5) is 0 Å². The van der Waals surface area contributed by atoms with Gasteiger partial charge in [0.25, 0.3) is 0 Å². The van der Waals surface area contributed by atoms with Gasteiger partial charge in [-0.25, -0.2) is 4.79 Å². The van der Waals surface area contributed by atoms with Crippen LogP contribution in [0.1, 0.15) is 21.5 Å². The predicted octanol–water partition coefficient (Wildman–Crippen LogP) is 3.02. The number of para-hydroxylation sites is 1. The van der Waals surface area contributed by atoms with E-state index >= 15 is 0 Å². The summed E-state index contributed by atoms with van der Waals surface area (Å²) >= 11 is 0. The minimum atomic E-state index is -1.15. The molecule has 0 atom stereocenters. The predicted molar refractivity (Wildman–Crippen MR) is 79.5 cm³/mol. The maximum absolute atomic E-state index is 12.5. The largest absolute Gasteiger partial charge is 0.495 e. The first kappa shape index (κ1) is 14.5. The van der Waals surface area contributed by atoms with E-state index in [1.807, 2.05) is 6.07 Å². The van der Waals surface area contributed by atoms with Crippen LogP contribution in [0.3, 0.4) is 0 Å². The fourth-order valence-corrected chi connectivity index (χ4v) is 2.03. The van der Waals surface area contributed by atoms with Gasteiger partial charge in [0.1, 0.15) is 5.75 Å². The first-order valence-corrected chi connectivity index (χ1v) is 6.25. The van der Waals surface area contributed by atoms with Crippen molar-refractivity contribution in [1.82, 2.24) is 0 Å². The van der Waals surface area contributed by atoms with Gasteiger partial charge in [-0.3, -0.25) is 4.79 Å². The number of methoxy groups -OCH3 is 1. The molecular formula is C17H14O4. The van der Waals surface area contributed by atoms with E-state index in [9.17, 15) is 9.59 Å². The summed E-state index contributed by atoms with van der Waals surface area (Å²) in [6.45, 7) is 3.52. The molecule has 0 spiro atoms. The second-order valence-electron chi connectivity index (χ2n) is 4.37. The van der Waals surface area contributed by atoms with Crippen molar-refractivity contribution in [2.75, 3.05) is 7.11 Å². The van der Waals surface area contributed by atoms with Crippen LogP contribution in [0.5, 0.6) is 5.75 Å². The zero-order chi connectivity index (χ0) is 15.4. The Balaban J connectivity index is 2.55. The number of carboxylic acid groups (broad SMARTS) is 1. The normalized spacial score (nSPS) is 9.95. The summed E-state index contributed by atoms with van der Waals surface area (Å²) in [5.41, 5.74) is 0.999. The van der Waals surface area contributed by atoms with Crippen LogP contribution in [0.2, 0.25) is 0 Å². The average Bonchev–Trinajstić information content (AvgIpc) is 2.53. The standard InChI is InChI=1S/C17H14O4/c1-11(17(19)20)13-9-6-10-14(16(13)21-2)15(18)12-7-4-3-5-8-12/h3-10H,1H2,2H3,(H,19,20). The Kier molecular flexibility index (Phi) is 4.18. The van der Waals surface area contributed by atoms with Gasteiger partial charge in [0.2, 0.25) is 0 Å². The molecule has 4 nitrogen and oxygen atoms in total. The van der Waals surface area contributed by atoms with Gasteiger partial charge < -0.3 is 9.84 Å². The third-order valence-corrected chi connectivity index (χ3v) is 3.08. The van der Waals surface area contributed by atoms with Crippen molar-refractivity contribution in [1.29, 1.82) is 0 Å². The van der Waals surface area contributed by atoms with Gasteiger partial charge >= 0.3 is 5.97 Å². The van der Waals surface area contributed by atoms with Gasteiger partial charge in [-0.05, 0) is 6.07 Å². The quantitative estimate of drug-likeness (QED) is 0.676. The van der Waals surface area contributed by atoms with E-state index < -0.39 is 5.97 Å². The number of aliphatic carboxylic acids is 1. The Morgan fingerprint density at radius 3 is 2.19 bits per heavy atom.